The fraction of sp³-hybridized carbons (Fsp3) is 0.444. The Labute approximate surface area is 76.0 Å². The van der Waals surface area contributed by atoms with Crippen LogP contribution in [-0.2, 0) is 6.42 Å². The Bertz CT molecular complexity index is 223. The Kier molecular flexibility index (Phi) is 3.57. The lowest BCUT2D eigenvalue weighted by Gasteiger charge is -2.00. The summed E-state index contributed by atoms with van der Waals surface area (Å²) < 4.78 is 1.18. The zero-order valence-corrected chi connectivity index (χ0v) is 8.26. The van der Waals surface area contributed by atoms with Crippen molar-refractivity contribution in [3.05, 3.63) is 28.5 Å². The third kappa shape index (κ3) is 2.62. The van der Waals surface area contributed by atoms with Gasteiger partial charge in [-0.25, -0.2) is 0 Å². The van der Waals surface area contributed by atoms with Crippen LogP contribution in [0.15, 0.2) is 22.9 Å². The van der Waals surface area contributed by atoms with Gasteiger partial charge in [0.15, 0.2) is 0 Å². The smallest absolute Gasteiger partial charge is 0.0311 e. The van der Waals surface area contributed by atoms with Crippen LogP contribution in [-0.4, -0.2) is 4.98 Å². The Morgan fingerprint density at radius 3 is 3.00 bits per heavy atom. The van der Waals surface area contributed by atoms with Crippen molar-refractivity contribution in [3.63, 3.8) is 0 Å². The van der Waals surface area contributed by atoms with Crippen LogP contribution in [0.4, 0.5) is 0 Å². The van der Waals surface area contributed by atoms with Crippen molar-refractivity contribution < 1.29 is 0 Å². The van der Waals surface area contributed by atoms with E-state index in [4.69, 9.17) is 0 Å². The molecule has 0 aliphatic heterocycles. The van der Waals surface area contributed by atoms with Gasteiger partial charge in [-0.2, -0.15) is 0 Å². The number of pyridine rings is 1. The standard InChI is InChI=1S/C9H12BrN/c1-2-3-4-8-7-11-6-5-9(8)10/h5-7H,2-4H2,1H3. The summed E-state index contributed by atoms with van der Waals surface area (Å²) in [5, 5.41) is 0. The molecule has 0 spiro atoms. The van der Waals surface area contributed by atoms with Gasteiger partial charge >= 0.3 is 0 Å². The first-order valence-corrected chi connectivity index (χ1v) is 4.72. The van der Waals surface area contributed by atoms with Crippen LogP contribution in [0.25, 0.3) is 0 Å². The van der Waals surface area contributed by atoms with E-state index < -0.39 is 0 Å². The fourth-order valence-electron chi connectivity index (χ4n) is 0.961. The molecule has 1 aromatic rings. The average Bonchev–Trinajstić information content (AvgIpc) is 2.03. The quantitative estimate of drug-likeness (QED) is 0.752. The number of aromatic nitrogens is 1. The van der Waals surface area contributed by atoms with E-state index in [9.17, 15) is 0 Å². The summed E-state index contributed by atoms with van der Waals surface area (Å²) in [7, 11) is 0. The van der Waals surface area contributed by atoms with E-state index in [0.29, 0.717) is 0 Å². The lowest BCUT2D eigenvalue weighted by Crippen LogP contribution is -1.87. The van der Waals surface area contributed by atoms with Crippen molar-refractivity contribution in [1.82, 2.24) is 4.98 Å². The predicted octanol–water partition coefficient (Wildman–Crippen LogP) is 3.19. The first-order valence-electron chi connectivity index (χ1n) is 3.93. The fourth-order valence-corrected chi connectivity index (χ4v) is 1.38. The average molecular weight is 214 g/mol. The summed E-state index contributed by atoms with van der Waals surface area (Å²) >= 11 is 3.49. The van der Waals surface area contributed by atoms with Crippen LogP contribution in [0.5, 0.6) is 0 Å². The summed E-state index contributed by atoms with van der Waals surface area (Å²) in [6.07, 6.45) is 7.34. The molecule has 0 amide bonds. The number of hydrogen-bond acceptors (Lipinski definition) is 1. The van der Waals surface area contributed by atoms with Crippen molar-refractivity contribution in [2.75, 3.05) is 0 Å². The first kappa shape index (κ1) is 8.72. The summed E-state index contributed by atoms with van der Waals surface area (Å²) in [5.74, 6) is 0. The Hall–Kier alpha value is -0.370. The van der Waals surface area contributed by atoms with Crippen molar-refractivity contribution in [1.29, 1.82) is 0 Å². The number of unbranched alkanes of at least 4 members (excludes halogenated alkanes) is 1. The molecular weight excluding hydrogens is 202 g/mol. The van der Waals surface area contributed by atoms with E-state index in [1.54, 1.807) is 6.20 Å². The molecule has 0 unspecified atom stereocenters. The maximum Gasteiger partial charge on any atom is 0.0311 e. The van der Waals surface area contributed by atoms with E-state index >= 15 is 0 Å². The van der Waals surface area contributed by atoms with Gasteiger partial charge in [0.1, 0.15) is 0 Å². The van der Waals surface area contributed by atoms with Gasteiger partial charge in [0, 0.05) is 16.9 Å². The molecule has 2 heteroatoms. The van der Waals surface area contributed by atoms with Crippen molar-refractivity contribution in [2.24, 2.45) is 0 Å². The third-order valence-corrected chi connectivity index (χ3v) is 2.42. The molecule has 0 aliphatic rings. The SMILES string of the molecule is CCCCc1cnccc1Br. The van der Waals surface area contributed by atoms with Gasteiger partial charge in [0.2, 0.25) is 0 Å². The second-order valence-corrected chi connectivity index (χ2v) is 3.42. The Morgan fingerprint density at radius 1 is 1.55 bits per heavy atom. The minimum atomic E-state index is 1.13. The number of rotatable bonds is 3. The van der Waals surface area contributed by atoms with E-state index in [-0.39, 0.29) is 0 Å². The summed E-state index contributed by atoms with van der Waals surface area (Å²) in [5.41, 5.74) is 1.31. The molecule has 1 heterocycles. The minimum Gasteiger partial charge on any atom is -0.264 e. The van der Waals surface area contributed by atoms with Gasteiger partial charge in [-0.1, -0.05) is 29.3 Å². The molecule has 0 saturated heterocycles. The summed E-state index contributed by atoms with van der Waals surface area (Å²) in [6, 6.07) is 1.99. The van der Waals surface area contributed by atoms with Crippen molar-refractivity contribution >= 4 is 15.9 Å². The molecule has 0 atom stereocenters. The lowest BCUT2D eigenvalue weighted by atomic mass is 10.1. The number of aryl methyl sites for hydroxylation is 1. The summed E-state index contributed by atoms with van der Waals surface area (Å²) in [6.45, 7) is 2.20. The molecule has 0 bridgehead atoms. The topological polar surface area (TPSA) is 12.9 Å². The molecule has 1 rings (SSSR count). The first-order chi connectivity index (χ1) is 5.34. The Morgan fingerprint density at radius 2 is 2.36 bits per heavy atom. The summed E-state index contributed by atoms with van der Waals surface area (Å²) in [4.78, 5) is 4.07. The highest BCUT2D eigenvalue weighted by Crippen LogP contribution is 2.16. The van der Waals surface area contributed by atoms with Crippen LogP contribution in [0, 0.1) is 0 Å². The van der Waals surface area contributed by atoms with Gasteiger partial charge in [-0.05, 0) is 24.5 Å². The lowest BCUT2D eigenvalue weighted by molar-refractivity contribution is 0.789. The van der Waals surface area contributed by atoms with Crippen LogP contribution in [0.3, 0.4) is 0 Å². The van der Waals surface area contributed by atoms with Crippen LogP contribution >= 0.6 is 15.9 Å². The maximum absolute atomic E-state index is 4.07. The minimum absolute atomic E-state index is 1.13. The van der Waals surface area contributed by atoms with Crippen LogP contribution in [0.1, 0.15) is 25.3 Å². The predicted molar refractivity (Wildman–Crippen MR) is 50.5 cm³/mol. The zero-order valence-electron chi connectivity index (χ0n) is 6.68. The maximum atomic E-state index is 4.07. The monoisotopic (exact) mass is 213 g/mol. The highest BCUT2D eigenvalue weighted by molar-refractivity contribution is 9.10. The van der Waals surface area contributed by atoms with Gasteiger partial charge in [-0.3, -0.25) is 4.98 Å². The highest BCUT2D eigenvalue weighted by Gasteiger charge is 1.96. The molecule has 0 aromatic carbocycles. The molecule has 0 fully saturated rings. The Balaban J connectivity index is 2.62. The van der Waals surface area contributed by atoms with Gasteiger partial charge in [0.25, 0.3) is 0 Å². The van der Waals surface area contributed by atoms with Crippen molar-refractivity contribution in [2.45, 2.75) is 26.2 Å². The largest absolute Gasteiger partial charge is 0.264 e. The van der Waals surface area contributed by atoms with Gasteiger partial charge in [0.05, 0.1) is 0 Å². The second kappa shape index (κ2) is 4.50. The molecular formula is C9H12BrN. The van der Waals surface area contributed by atoms with Crippen LogP contribution < -0.4 is 0 Å². The molecule has 0 aliphatic carbocycles. The van der Waals surface area contributed by atoms with E-state index in [1.165, 1.54) is 22.9 Å². The van der Waals surface area contributed by atoms with Crippen LogP contribution in [0.2, 0.25) is 0 Å². The van der Waals surface area contributed by atoms with E-state index in [1.807, 2.05) is 12.3 Å². The normalized spacial score (nSPS) is 10.0. The number of nitrogens with zero attached hydrogens (tertiary/aromatic N) is 1. The van der Waals surface area contributed by atoms with Gasteiger partial charge in [-0.15, -0.1) is 0 Å². The van der Waals surface area contributed by atoms with E-state index in [0.717, 1.165) is 6.42 Å². The molecule has 0 N–H and O–H groups in total. The second-order valence-electron chi connectivity index (χ2n) is 2.57. The third-order valence-electron chi connectivity index (χ3n) is 1.64. The number of hydrogen-bond donors (Lipinski definition) is 0. The van der Waals surface area contributed by atoms with Crippen molar-refractivity contribution in [3.8, 4) is 0 Å². The molecule has 0 radical (unpaired) electrons. The molecule has 1 nitrogen and oxygen atoms in total. The molecule has 60 valence electrons. The highest BCUT2D eigenvalue weighted by atomic mass is 79.9. The molecule has 1 aromatic heterocycles. The number of halogens is 1. The van der Waals surface area contributed by atoms with E-state index in [2.05, 4.69) is 27.8 Å². The zero-order chi connectivity index (χ0) is 8.10. The van der Waals surface area contributed by atoms with Gasteiger partial charge < -0.3 is 0 Å². The molecule has 0 saturated carbocycles. The molecule has 11 heavy (non-hydrogen) atoms.